The molecule has 0 fully saturated rings. The molecule has 0 N–H and O–H groups in total. The standard InChI is InChI=1S/C14H11FN/c1-3-5-11-7-8-12-13(15)9-6-10(4-2)14(12)16-11/h6-9H,3,5H2,1H3. The van der Waals surface area contributed by atoms with Crippen LogP contribution in [0, 0.1) is 18.2 Å². The molecule has 1 nitrogen and oxygen atoms in total. The Kier molecular flexibility index (Phi) is 2.87. The molecule has 0 saturated carbocycles. The van der Waals surface area contributed by atoms with Gasteiger partial charge in [-0.3, -0.25) is 4.98 Å². The molecule has 0 bridgehead atoms. The average Bonchev–Trinajstić information content (AvgIpc) is 2.30. The van der Waals surface area contributed by atoms with Crippen molar-refractivity contribution >= 4 is 10.9 Å². The number of benzene rings is 1. The minimum atomic E-state index is -0.301. The average molecular weight is 212 g/mol. The van der Waals surface area contributed by atoms with Crippen molar-refractivity contribution in [3.63, 3.8) is 0 Å². The van der Waals surface area contributed by atoms with Crippen LogP contribution in [-0.4, -0.2) is 4.98 Å². The Morgan fingerprint density at radius 1 is 1.31 bits per heavy atom. The number of rotatable bonds is 2. The maximum atomic E-state index is 13.5. The summed E-state index contributed by atoms with van der Waals surface area (Å²) in [4.78, 5) is 4.37. The summed E-state index contributed by atoms with van der Waals surface area (Å²) in [7, 11) is 0. The molecule has 2 aromatic rings. The summed E-state index contributed by atoms with van der Waals surface area (Å²) in [5.74, 6) is 1.99. The van der Waals surface area contributed by atoms with Crippen molar-refractivity contribution in [1.29, 1.82) is 0 Å². The molecule has 0 aliphatic carbocycles. The van der Waals surface area contributed by atoms with Gasteiger partial charge in [0.15, 0.2) is 0 Å². The van der Waals surface area contributed by atoms with Gasteiger partial charge in [0, 0.05) is 11.1 Å². The van der Waals surface area contributed by atoms with Crippen molar-refractivity contribution in [3.8, 4) is 5.92 Å². The first-order chi connectivity index (χ1) is 7.76. The lowest BCUT2D eigenvalue weighted by Crippen LogP contribution is -1.93. The highest BCUT2D eigenvalue weighted by Crippen LogP contribution is 2.20. The molecule has 1 aromatic carbocycles. The van der Waals surface area contributed by atoms with E-state index in [1.165, 1.54) is 12.1 Å². The molecule has 0 saturated heterocycles. The summed E-state index contributed by atoms with van der Waals surface area (Å²) in [5.41, 5.74) is 1.99. The van der Waals surface area contributed by atoms with Crippen molar-refractivity contribution in [1.82, 2.24) is 4.98 Å². The Hall–Kier alpha value is -1.88. The molecule has 0 unspecified atom stereocenters. The second-order valence-electron chi connectivity index (χ2n) is 3.67. The maximum absolute atomic E-state index is 13.5. The summed E-state index contributed by atoms with van der Waals surface area (Å²) in [5, 5.41) is 0.456. The zero-order chi connectivity index (χ0) is 11.5. The van der Waals surface area contributed by atoms with Gasteiger partial charge >= 0.3 is 0 Å². The van der Waals surface area contributed by atoms with E-state index in [1.54, 1.807) is 6.07 Å². The molecule has 0 aliphatic rings. The lowest BCUT2D eigenvalue weighted by atomic mass is 10.1. The van der Waals surface area contributed by atoms with Crippen LogP contribution < -0.4 is 0 Å². The fourth-order valence-corrected chi connectivity index (χ4v) is 1.72. The highest BCUT2D eigenvalue weighted by atomic mass is 19.1. The van der Waals surface area contributed by atoms with Crippen molar-refractivity contribution in [2.24, 2.45) is 0 Å². The third kappa shape index (κ3) is 1.77. The number of halogens is 1. The van der Waals surface area contributed by atoms with E-state index in [1.807, 2.05) is 6.07 Å². The topological polar surface area (TPSA) is 12.9 Å². The van der Waals surface area contributed by atoms with Crippen molar-refractivity contribution in [2.45, 2.75) is 19.8 Å². The van der Waals surface area contributed by atoms with Crippen LogP contribution in [0.4, 0.5) is 4.39 Å². The molecule has 0 spiro atoms. The lowest BCUT2D eigenvalue weighted by molar-refractivity contribution is 0.639. The van der Waals surface area contributed by atoms with Crippen LogP contribution >= 0.6 is 0 Å². The number of hydrogen-bond acceptors (Lipinski definition) is 1. The zero-order valence-corrected chi connectivity index (χ0v) is 9.05. The smallest absolute Gasteiger partial charge is 0.132 e. The first-order valence-electron chi connectivity index (χ1n) is 5.27. The minimum Gasteiger partial charge on any atom is -0.251 e. The summed E-state index contributed by atoms with van der Waals surface area (Å²) >= 11 is 0. The Labute approximate surface area is 94.3 Å². The number of fused-ring (bicyclic) bond motifs is 1. The summed E-state index contributed by atoms with van der Waals surface area (Å²) < 4.78 is 13.5. The number of pyridine rings is 1. The molecule has 2 rings (SSSR count). The highest BCUT2D eigenvalue weighted by molar-refractivity contribution is 5.84. The van der Waals surface area contributed by atoms with Crippen LogP contribution in [-0.2, 0) is 6.42 Å². The van der Waals surface area contributed by atoms with E-state index < -0.39 is 0 Å². The van der Waals surface area contributed by atoms with Crippen molar-refractivity contribution in [3.05, 3.63) is 47.8 Å². The van der Waals surface area contributed by atoms with Crippen LogP contribution in [0.25, 0.3) is 10.9 Å². The van der Waals surface area contributed by atoms with Crippen molar-refractivity contribution in [2.75, 3.05) is 0 Å². The molecule has 79 valence electrons. The molecule has 0 amide bonds. The van der Waals surface area contributed by atoms with E-state index in [2.05, 4.69) is 17.8 Å². The first-order valence-corrected chi connectivity index (χ1v) is 5.27. The molecule has 2 heteroatoms. The fraction of sp³-hybridized carbons (Fsp3) is 0.214. The Balaban J connectivity index is 2.70. The maximum Gasteiger partial charge on any atom is 0.132 e. The minimum absolute atomic E-state index is 0.301. The summed E-state index contributed by atoms with van der Waals surface area (Å²) in [6.45, 7) is 2.07. The van der Waals surface area contributed by atoms with Crippen molar-refractivity contribution < 1.29 is 4.39 Å². The van der Waals surface area contributed by atoms with E-state index in [-0.39, 0.29) is 5.82 Å². The predicted octanol–water partition coefficient (Wildman–Crippen LogP) is 3.26. The molecular formula is C14H11FN. The molecule has 0 atom stereocenters. The lowest BCUT2D eigenvalue weighted by Gasteiger charge is -2.04. The van der Waals surface area contributed by atoms with Gasteiger partial charge in [0.25, 0.3) is 0 Å². The predicted molar refractivity (Wildman–Crippen MR) is 61.9 cm³/mol. The second-order valence-corrected chi connectivity index (χ2v) is 3.67. The van der Waals surface area contributed by atoms with Gasteiger partial charge in [-0.2, -0.15) is 0 Å². The van der Waals surface area contributed by atoms with Gasteiger partial charge in [-0.15, -0.1) is 0 Å². The zero-order valence-electron chi connectivity index (χ0n) is 9.05. The summed E-state index contributed by atoms with van der Waals surface area (Å²) in [6.07, 6.45) is 9.02. The van der Waals surface area contributed by atoms with Gasteiger partial charge in [-0.05, 0) is 37.1 Å². The van der Waals surface area contributed by atoms with Crippen LogP contribution in [0.2, 0.25) is 0 Å². The molecule has 16 heavy (non-hydrogen) atoms. The monoisotopic (exact) mass is 212 g/mol. The van der Waals surface area contributed by atoms with Crippen LogP contribution in [0.5, 0.6) is 0 Å². The fourth-order valence-electron chi connectivity index (χ4n) is 1.72. The normalized spacial score (nSPS) is 10.3. The van der Waals surface area contributed by atoms with Gasteiger partial charge in [0.05, 0.1) is 11.1 Å². The van der Waals surface area contributed by atoms with Gasteiger partial charge in [-0.25, -0.2) is 4.39 Å². The van der Waals surface area contributed by atoms with E-state index in [0.717, 1.165) is 18.5 Å². The summed E-state index contributed by atoms with van der Waals surface area (Å²) in [6, 6.07) is 6.44. The molecule has 1 aromatic heterocycles. The van der Waals surface area contributed by atoms with E-state index in [9.17, 15) is 4.39 Å². The Bertz CT molecular complexity index is 567. The van der Waals surface area contributed by atoms with Crippen LogP contribution in [0.3, 0.4) is 0 Å². The third-order valence-corrected chi connectivity index (χ3v) is 2.50. The third-order valence-electron chi connectivity index (χ3n) is 2.50. The van der Waals surface area contributed by atoms with E-state index in [0.29, 0.717) is 16.5 Å². The van der Waals surface area contributed by atoms with Crippen LogP contribution in [0.15, 0.2) is 24.3 Å². The van der Waals surface area contributed by atoms with Gasteiger partial charge in [0.1, 0.15) is 5.82 Å². The molecular weight excluding hydrogens is 201 g/mol. The quantitative estimate of drug-likeness (QED) is 0.696. The Morgan fingerprint density at radius 2 is 2.12 bits per heavy atom. The van der Waals surface area contributed by atoms with Gasteiger partial charge in [0.2, 0.25) is 0 Å². The number of aromatic nitrogens is 1. The highest BCUT2D eigenvalue weighted by Gasteiger charge is 2.06. The first kappa shape index (κ1) is 10.6. The molecule has 0 aliphatic heterocycles. The second kappa shape index (κ2) is 4.32. The largest absolute Gasteiger partial charge is 0.251 e. The molecule has 1 heterocycles. The SMILES string of the molecule is [C]#Cc1ccc(F)c2ccc(CCC)nc12. The van der Waals surface area contributed by atoms with E-state index in [4.69, 9.17) is 6.42 Å². The Morgan fingerprint density at radius 3 is 2.81 bits per heavy atom. The molecule has 1 radical (unpaired) electrons. The van der Waals surface area contributed by atoms with Crippen LogP contribution in [0.1, 0.15) is 24.6 Å². The number of aryl methyl sites for hydroxylation is 1. The number of nitrogens with zero attached hydrogens (tertiary/aromatic N) is 1. The number of hydrogen-bond donors (Lipinski definition) is 0. The van der Waals surface area contributed by atoms with Gasteiger partial charge in [-0.1, -0.05) is 19.3 Å². The van der Waals surface area contributed by atoms with E-state index >= 15 is 0 Å². The van der Waals surface area contributed by atoms with Gasteiger partial charge < -0.3 is 0 Å².